The van der Waals surface area contributed by atoms with Gasteiger partial charge in [0.2, 0.25) is 0 Å². The molecule has 0 atom stereocenters. The Morgan fingerprint density at radius 2 is 1.86 bits per heavy atom. The van der Waals surface area contributed by atoms with Gasteiger partial charge in [-0.2, -0.15) is 0 Å². The molecule has 0 aliphatic carbocycles. The monoisotopic (exact) mass is 345 g/mol. The number of halogens is 1. The first-order valence-corrected chi connectivity index (χ1v) is 7.87. The summed E-state index contributed by atoms with van der Waals surface area (Å²) in [6, 6.07) is 14.7. The molecule has 110 valence electrons. The van der Waals surface area contributed by atoms with E-state index in [1.54, 1.807) is 6.08 Å². The average molecular weight is 346 g/mol. The fourth-order valence-corrected chi connectivity index (χ4v) is 2.52. The van der Waals surface area contributed by atoms with E-state index in [1.165, 1.54) is 11.1 Å². The van der Waals surface area contributed by atoms with Gasteiger partial charge in [0.1, 0.15) is 12.4 Å². The molecule has 0 aromatic heterocycles. The molecule has 0 fully saturated rings. The molecular weight excluding hydrogens is 326 g/mol. The Morgan fingerprint density at radius 1 is 1.14 bits per heavy atom. The first-order valence-electron chi connectivity index (χ1n) is 7.08. The highest BCUT2D eigenvalue weighted by atomic mass is 79.9. The van der Waals surface area contributed by atoms with Gasteiger partial charge in [-0.25, -0.2) is 0 Å². The van der Waals surface area contributed by atoms with Gasteiger partial charge < -0.3 is 10.1 Å². The van der Waals surface area contributed by atoms with Crippen LogP contribution in [0.15, 0.2) is 59.6 Å². The summed E-state index contributed by atoms with van der Waals surface area (Å²) in [5.41, 5.74) is 3.69. The molecule has 0 amide bonds. The number of nitrogens with one attached hydrogen (secondary N) is 1. The van der Waals surface area contributed by atoms with Crippen LogP contribution in [0.5, 0.6) is 5.75 Å². The van der Waals surface area contributed by atoms with E-state index >= 15 is 0 Å². The van der Waals surface area contributed by atoms with Crippen LogP contribution >= 0.6 is 15.9 Å². The first kappa shape index (κ1) is 15.6. The van der Waals surface area contributed by atoms with Crippen LogP contribution < -0.4 is 10.1 Å². The smallest absolute Gasteiger partial charge is 0.133 e. The standard InChI is InChI=1S/C18H20BrNO/c1-3-11-21-18-10-7-15(12-17(18)19)13-20-16-8-5-14(4-2)6-9-16/h3,5-10,12,20H,1,4,11,13H2,2H3. The second kappa shape index (κ2) is 7.89. The van der Waals surface area contributed by atoms with E-state index in [9.17, 15) is 0 Å². The molecule has 2 nitrogen and oxygen atoms in total. The van der Waals surface area contributed by atoms with Crippen molar-refractivity contribution in [1.82, 2.24) is 0 Å². The van der Waals surface area contributed by atoms with Gasteiger partial charge in [0.05, 0.1) is 4.47 Å². The fraction of sp³-hybridized carbons (Fsp3) is 0.222. The second-order valence-electron chi connectivity index (χ2n) is 4.77. The van der Waals surface area contributed by atoms with Gasteiger partial charge in [0.15, 0.2) is 0 Å². The molecule has 0 aliphatic rings. The van der Waals surface area contributed by atoms with Crippen LogP contribution in [0.4, 0.5) is 5.69 Å². The molecule has 3 heteroatoms. The van der Waals surface area contributed by atoms with E-state index in [0.717, 1.165) is 28.9 Å². The number of anilines is 1. The lowest BCUT2D eigenvalue weighted by atomic mass is 10.1. The van der Waals surface area contributed by atoms with E-state index in [0.29, 0.717) is 6.61 Å². The SMILES string of the molecule is C=CCOc1ccc(CNc2ccc(CC)cc2)cc1Br. The molecule has 0 aliphatic heterocycles. The Hall–Kier alpha value is -1.74. The lowest BCUT2D eigenvalue weighted by Crippen LogP contribution is -2.00. The highest BCUT2D eigenvalue weighted by molar-refractivity contribution is 9.10. The lowest BCUT2D eigenvalue weighted by molar-refractivity contribution is 0.361. The Kier molecular flexibility index (Phi) is 5.88. The summed E-state index contributed by atoms with van der Waals surface area (Å²) < 4.78 is 6.51. The van der Waals surface area contributed by atoms with Gasteiger partial charge >= 0.3 is 0 Å². The van der Waals surface area contributed by atoms with Gasteiger partial charge in [0, 0.05) is 12.2 Å². The Morgan fingerprint density at radius 3 is 2.48 bits per heavy atom. The van der Waals surface area contributed by atoms with E-state index < -0.39 is 0 Å². The summed E-state index contributed by atoms with van der Waals surface area (Å²) in [4.78, 5) is 0. The molecular formula is C18H20BrNO. The number of rotatable bonds is 7. The molecule has 0 spiro atoms. The van der Waals surface area contributed by atoms with Gasteiger partial charge in [-0.15, -0.1) is 0 Å². The first-order chi connectivity index (χ1) is 10.2. The highest BCUT2D eigenvalue weighted by Gasteiger charge is 2.02. The number of aryl methyl sites for hydroxylation is 1. The summed E-state index contributed by atoms with van der Waals surface area (Å²) in [7, 11) is 0. The van der Waals surface area contributed by atoms with Crippen molar-refractivity contribution in [2.24, 2.45) is 0 Å². The molecule has 1 N–H and O–H groups in total. The van der Waals surface area contributed by atoms with Crippen LogP contribution in [0.25, 0.3) is 0 Å². The van der Waals surface area contributed by atoms with Crippen molar-refractivity contribution in [3.8, 4) is 5.75 Å². The molecule has 0 saturated carbocycles. The maximum atomic E-state index is 5.54. The minimum atomic E-state index is 0.514. The van der Waals surface area contributed by atoms with Gasteiger partial charge in [-0.05, 0) is 57.7 Å². The summed E-state index contributed by atoms with van der Waals surface area (Å²) in [6.07, 6.45) is 2.81. The Balaban J connectivity index is 1.96. The Bertz CT molecular complexity index is 593. The maximum absolute atomic E-state index is 5.54. The zero-order chi connectivity index (χ0) is 15.1. The van der Waals surface area contributed by atoms with E-state index in [2.05, 4.69) is 71.1 Å². The molecule has 2 aromatic rings. The van der Waals surface area contributed by atoms with Crippen LogP contribution in [-0.2, 0) is 13.0 Å². The van der Waals surface area contributed by atoms with Crippen LogP contribution in [0.2, 0.25) is 0 Å². The van der Waals surface area contributed by atoms with E-state index in [1.807, 2.05) is 6.07 Å². The van der Waals surface area contributed by atoms with E-state index in [4.69, 9.17) is 4.74 Å². The van der Waals surface area contributed by atoms with Crippen LogP contribution in [0.3, 0.4) is 0 Å². The van der Waals surface area contributed by atoms with Crippen molar-refractivity contribution in [2.45, 2.75) is 19.9 Å². The average Bonchev–Trinajstić information content (AvgIpc) is 2.52. The predicted octanol–water partition coefficient (Wildman–Crippen LogP) is 5.19. The summed E-state index contributed by atoms with van der Waals surface area (Å²) >= 11 is 3.54. The van der Waals surface area contributed by atoms with Gasteiger partial charge in [-0.3, -0.25) is 0 Å². The summed E-state index contributed by atoms with van der Waals surface area (Å²) in [5.74, 6) is 0.839. The minimum absolute atomic E-state index is 0.514. The zero-order valence-electron chi connectivity index (χ0n) is 12.2. The fourth-order valence-electron chi connectivity index (χ4n) is 1.98. The molecule has 0 radical (unpaired) electrons. The lowest BCUT2D eigenvalue weighted by Gasteiger charge is -2.10. The predicted molar refractivity (Wildman–Crippen MR) is 93.0 cm³/mol. The van der Waals surface area contributed by atoms with Crippen LogP contribution in [0.1, 0.15) is 18.1 Å². The van der Waals surface area contributed by atoms with Crippen molar-refractivity contribution >= 4 is 21.6 Å². The van der Waals surface area contributed by atoms with Crippen LogP contribution in [0, 0.1) is 0 Å². The van der Waals surface area contributed by atoms with Gasteiger partial charge in [0.25, 0.3) is 0 Å². The quantitative estimate of drug-likeness (QED) is 0.697. The third-order valence-electron chi connectivity index (χ3n) is 3.21. The minimum Gasteiger partial charge on any atom is -0.488 e. The molecule has 0 heterocycles. The maximum Gasteiger partial charge on any atom is 0.133 e. The molecule has 2 rings (SSSR count). The van der Waals surface area contributed by atoms with Crippen molar-refractivity contribution < 1.29 is 4.74 Å². The van der Waals surface area contributed by atoms with Crippen molar-refractivity contribution in [3.05, 3.63) is 70.7 Å². The third kappa shape index (κ3) is 4.64. The van der Waals surface area contributed by atoms with E-state index in [-0.39, 0.29) is 0 Å². The molecule has 21 heavy (non-hydrogen) atoms. The molecule has 2 aromatic carbocycles. The zero-order valence-corrected chi connectivity index (χ0v) is 13.8. The number of hydrogen-bond donors (Lipinski definition) is 1. The number of hydrogen-bond acceptors (Lipinski definition) is 2. The van der Waals surface area contributed by atoms with Crippen LogP contribution in [-0.4, -0.2) is 6.61 Å². The Labute approximate surface area is 135 Å². The van der Waals surface area contributed by atoms with Crippen molar-refractivity contribution in [3.63, 3.8) is 0 Å². The normalized spacial score (nSPS) is 10.2. The molecule has 0 saturated heterocycles. The number of ether oxygens (including phenoxy) is 1. The summed E-state index contributed by atoms with van der Waals surface area (Å²) in [6.45, 7) is 7.11. The molecule has 0 unspecified atom stereocenters. The third-order valence-corrected chi connectivity index (χ3v) is 3.83. The molecule has 0 bridgehead atoms. The summed E-state index contributed by atoms with van der Waals surface area (Å²) in [5, 5.41) is 3.42. The van der Waals surface area contributed by atoms with Crippen molar-refractivity contribution in [1.29, 1.82) is 0 Å². The number of benzene rings is 2. The highest BCUT2D eigenvalue weighted by Crippen LogP contribution is 2.26. The topological polar surface area (TPSA) is 21.3 Å². The van der Waals surface area contributed by atoms with Crippen molar-refractivity contribution in [2.75, 3.05) is 11.9 Å². The second-order valence-corrected chi connectivity index (χ2v) is 5.62. The van der Waals surface area contributed by atoms with Gasteiger partial charge in [-0.1, -0.05) is 37.8 Å². The largest absolute Gasteiger partial charge is 0.488 e.